The van der Waals surface area contributed by atoms with Crippen LogP contribution in [0, 0.1) is 11.3 Å². The molecule has 6 nitrogen and oxygen atoms in total. The lowest BCUT2D eigenvalue weighted by molar-refractivity contribution is -0.137. The van der Waals surface area contributed by atoms with Crippen LogP contribution in [0.1, 0.15) is 25.0 Å². The lowest BCUT2D eigenvalue weighted by Gasteiger charge is -2.45. The Bertz CT molecular complexity index is 932. The van der Waals surface area contributed by atoms with Crippen molar-refractivity contribution in [2.24, 2.45) is 0 Å². The number of pyridine rings is 1. The first-order chi connectivity index (χ1) is 13.7. The van der Waals surface area contributed by atoms with Crippen molar-refractivity contribution in [3.63, 3.8) is 0 Å². The van der Waals surface area contributed by atoms with Gasteiger partial charge in [-0.05, 0) is 44.2 Å². The summed E-state index contributed by atoms with van der Waals surface area (Å²) in [5, 5.41) is 11.8. The van der Waals surface area contributed by atoms with Crippen molar-refractivity contribution in [2.45, 2.75) is 32.1 Å². The van der Waals surface area contributed by atoms with Crippen molar-refractivity contribution in [3.8, 4) is 6.07 Å². The molecule has 1 aliphatic rings. The van der Waals surface area contributed by atoms with Crippen LogP contribution in [0.25, 0.3) is 0 Å². The zero-order valence-electron chi connectivity index (χ0n) is 16.3. The van der Waals surface area contributed by atoms with Gasteiger partial charge in [-0.25, -0.2) is 4.79 Å². The predicted octanol–water partition coefficient (Wildman–Crippen LogP) is 4.52. The molecule has 1 aromatic heterocycles. The highest BCUT2D eigenvalue weighted by Gasteiger charge is 2.36. The number of carbonyl (C=O) groups is 1. The van der Waals surface area contributed by atoms with Gasteiger partial charge in [0.15, 0.2) is 0 Å². The molecule has 1 aromatic carbocycles. The molecular formula is C20H21ClF3N5O. The summed E-state index contributed by atoms with van der Waals surface area (Å²) in [4.78, 5) is 20.1. The second-order valence-electron chi connectivity index (χ2n) is 7.01. The number of hydrogen-bond acceptors (Lipinski definition) is 4. The number of halogens is 4. The fraction of sp³-hybridized carbons (Fsp3) is 0.350. The first kappa shape index (κ1) is 23.3. The van der Waals surface area contributed by atoms with Crippen molar-refractivity contribution in [3.05, 3.63) is 53.9 Å². The number of alkyl halides is 3. The third-order valence-corrected chi connectivity index (χ3v) is 4.92. The number of nitrogens with one attached hydrogen (secondary N) is 1. The molecule has 2 aromatic rings. The molecule has 3 rings (SSSR count). The summed E-state index contributed by atoms with van der Waals surface area (Å²) in [7, 11) is 0. The van der Waals surface area contributed by atoms with Gasteiger partial charge in [-0.1, -0.05) is 0 Å². The van der Waals surface area contributed by atoms with Gasteiger partial charge in [-0.3, -0.25) is 4.98 Å². The minimum Gasteiger partial charge on any atom is -0.365 e. The quantitative estimate of drug-likeness (QED) is 0.746. The lowest BCUT2D eigenvalue weighted by atomic mass is 10.0. The normalized spacial score (nSPS) is 18.9. The monoisotopic (exact) mass is 439 g/mol. The van der Waals surface area contributed by atoms with E-state index >= 15 is 0 Å². The average molecular weight is 440 g/mol. The molecule has 1 N–H and O–H groups in total. The topological polar surface area (TPSA) is 72.3 Å². The number of urea groups is 1. The van der Waals surface area contributed by atoms with Crippen molar-refractivity contribution in [2.75, 3.05) is 23.3 Å². The van der Waals surface area contributed by atoms with Crippen LogP contribution in [-0.4, -0.2) is 41.1 Å². The van der Waals surface area contributed by atoms with E-state index in [9.17, 15) is 18.0 Å². The van der Waals surface area contributed by atoms with Crippen LogP contribution in [0.4, 0.5) is 29.3 Å². The van der Waals surface area contributed by atoms with E-state index in [1.807, 2.05) is 18.7 Å². The Hall–Kier alpha value is -2.99. The zero-order chi connectivity index (χ0) is 21.2. The van der Waals surface area contributed by atoms with Gasteiger partial charge in [0.2, 0.25) is 0 Å². The van der Waals surface area contributed by atoms with Gasteiger partial charge in [-0.2, -0.15) is 18.4 Å². The highest BCUT2D eigenvalue weighted by Crippen LogP contribution is 2.35. The third-order valence-electron chi connectivity index (χ3n) is 4.92. The molecule has 2 atom stereocenters. The van der Waals surface area contributed by atoms with Crippen molar-refractivity contribution >= 4 is 29.8 Å². The van der Waals surface area contributed by atoms with Crippen LogP contribution < -0.4 is 10.2 Å². The number of anilines is 2. The SMILES string of the molecule is C[C@@H]1CN(c2ccc(C#N)c(C(F)(F)F)c2)[C@@H](C)CN1C(=O)Nc1cccnc1.Cl. The zero-order valence-corrected chi connectivity index (χ0v) is 17.2. The van der Waals surface area contributed by atoms with Gasteiger partial charge in [0.25, 0.3) is 0 Å². The Kier molecular flexibility index (Phi) is 7.16. The smallest absolute Gasteiger partial charge is 0.365 e. The molecule has 30 heavy (non-hydrogen) atoms. The highest BCUT2D eigenvalue weighted by atomic mass is 35.5. The summed E-state index contributed by atoms with van der Waals surface area (Å²) < 4.78 is 39.9. The van der Waals surface area contributed by atoms with E-state index in [1.54, 1.807) is 29.3 Å². The van der Waals surface area contributed by atoms with E-state index in [4.69, 9.17) is 5.26 Å². The molecule has 0 unspecified atom stereocenters. The summed E-state index contributed by atoms with van der Waals surface area (Å²) >= 11 is 0. The number of nitriles is 1. The predicted molar refractivity (Wildman–Crippen MR) is 110 cm³/mol. The number of aromatic nitrogens is 1. The minimum absolute atomic E-state index is 0. The molecule has 10 heteroatoms. The van der Waals surface area contributed by atoms with Gasteiger partial charge < -0.3 is 15.1 Å². The molecule has 0 saturated carbocycles. The van der Waals surface area contributed by atoms with Crippen LogP contribution in [0.3, 0.4) is 0 Å². The Morgan fingerprint density at radius 2 is 1.97 bits per heavy atom. The summed E-state index contributed by atoms with van der Waals surface area (Å²) in [6, 6.07) is 8.02. The first-order valence-corrected chi connectivity index (χ1v) is 9.06. The Labute approximate surface area is 178 Å². The van der Waals surface area contributed by atoms with E-state index in [0.29, 0.717) is 24.5 Å². The van der Waals surface area contributed by atoms with E-state index in [0.717, 1.165) is 6.07 Å². The third kappa shape index (κ3) is 4.94. The standard InChI is InChI=1S/C20H20F3N5O.ClH/c1-13-12-28(19(29)26-16-4-3-7-25-10-16)14(2)11-27(13)17-6-5-15(9-24)18(8-17)20(21,22)23;/h3-8,10,13-14H,11-12H2,1-2H3,(H,26,29);1H/t13-,14+;/m0./s1. The number of carbonyl (C=O) groups excluding carboxylic acids is 1. The molecule has 0 radical (unpaired) electrons. The molecule has 0 bridgehead atoms. The Morgan fingerprint density at radius 1 is 1.23 bits per heavy atom. The second kappa shape index (κ2) is 9.22. The van der Waals surface area contributed by atoms with Crippen molar-refractivity contribution < 1.29 is 18.0 Å². The van der Waals surface area contributed by atoms with E-state index in [1.165, 1.54) is 18.3 Å². The first-order valence-electron chi connectivity index (χ1n) is 9.06. The van der Waals surface area contributed by atoms with E-state index in [-0.39, 0.29) is 30.5 Å². The largest absolute Gasteiger partial charge is 0.417 e. The van der Waals surface area contributed by atoms with Crippen LogP contribution in [0.5, 0.6) is 0 Å². The minimum atomic E-state index is -4.61. The second-order valence-corrected chi connectivity index (χ2v) is 7.01. The summed E-state index contributed by atoms with van der Waals surface area (Å²) in [5.74, 6) is 0. The van der Waals surface area contributed by atoms with E-state index in [2.05, 4.69) is 10.3 Å². The van der Waals surface area contributed by atoms with Crippen LogP contribution >= 0.6 is 12.4 Å². The molecule has 0 spiro atoms. The summed E-state index contributed by atoms with van der Waals surface area (Å²) in [6.07, 6.45) is -1.47. The number of benzene rings is 1. The Morgan fingerprint density at radius 3 is 2.57 bits per heavy atom. The Balaban J connectivity index is 0.00000320. The van der Waals surface area contributed by atoms with E-state index < -0.39 is 17.3 Å². The van der Waals surface area contributed by atoms with Gasteiger partial charge in [0.05, 0.1) is 29.1 Å². The maximum atomic E-state index is 13.3. The highest BCUT2D eigenvalue weighted by molar-refractivity contribution is 5.89. The van der Waals surface area contributed by atoms with Gasteiger partial charge >= 0.3 is 12.2 Å². The average Bonchev–Trinajstić information content (AvgIpc) is 2.69. The van der Waals surface area contributed by atoms with Gasteiger partial charge in [0, 0.05) is 37.1 Å². The summed E-state index contributed by atoms with van der Waals surface area (Å²) in [5.41, 5.74) is -0.407. The molecule has 1 aliphatic heterocycles. The molecule has 2 amide bonds. The maximum absolute atomic E-state index is 13.3. The van der Waals surface area contributed by atoms with Crippen molar-refractivity contribution in [1.82, 2.24) is 9.88 Å². The number of hydrogen-bond donors (Lipinski definition) is 1. The fourth-order valence-corrected chi connectivity index (χ4v) is 3.44. The maximum Gasteiger partial charge on any atom is 0.417 e. The summed E-state index contributed by atoms with van der Waals surface area (Å²) in [6.45, 7) is 4.40. The fourth-order valence-electron chi connectivity index (χ4n) is 3.44. The number of amides is 2. The molecule has 160 valence electrons. The van der Waals surface area contributed by atoms with Crippen LogP contribution in [-0.2, 0) is 6.18 Å². The van der Waals surface area contributed by atoms with Gasteiger partial charge in [0.1, 0.15) is 0 Å². The molecule has 2 heterocycles. The van der Waals surface area contributed by atoms with Crippen LogP contribution in [0.2, 0.25) is 0 Å². The van der Waals surface area contributed by atoms with Crippen LogP contribution in [0.15, 0.2) is 42.7 Å². The number of rotatable bonds is 2. The van der Waals surface area contributed by atoms with Gasteiger partial charge in [-0.15, -0.1) is 12.4 Å². The molecule has 0 aliphatic carbocycles. The lowest BCUT2D eigenvalue weighted by Crippen LogP contribution is -2.59. The number of nitrogens with zero attached hydrogens (tertiary/aromatic N) is 4. The van der Waals surface area contributed by atoms with Crippen molar-refractivity contribution in [1.29, 1.82) is 5.26 Å². The number of piperazine rings is 1. The molecule has 1 fully saturated rings. The molecule has 1 saturated heterocycles. The molecular weight excluding hydrogens is 419 g/mol.